The van der Waals surface area contributed by atoms with E-state index >= 15 is 0 Å². The van der Waals surface area contributed by atoms with Gasteiger partial charge in [-0.15, -0.1) is 0 Å². The second-order valence-corrected chi connectivity index (χ2v) is 6.29. The molecule has 154 valence electrons. The van der Waals surface area contributed by atoms with Gasteiger partial charge in [0.15, 0.2) is 0 Å². The standard InChI is InChI=1S/C23H6F3N7/c1-12-21(23(24,25)26)4-13(5-27)17(8-30)22(12)20(11-33)16-3-2-15(14(6-28)7-29)18(9-31)19(16)10-32/h2-4H,1H3/b20-16-. The van der Waals surface area contributed by atoms with Gasteiger partial charge < -0.3 is 0 Å². The summed E-state index contributed by atoms with van der Waals surface area (Å²) in [5.74, 6) is 0. The molecule has 2 rings (SSSR count). The quantitative estimate of drug-likeness (QED) is 0.660. The maximum Gasteiger partial charge on any atom is 0.416 e. The number of halogens is 3. The maximum absolute atomic E-state index is 13.6. The summed E-state index contributed by atoms with van der Waals surface area (Å²) < 4.78 is 40.8. The van der Waals surface area contributed by atoms with Crippen LogP contribution in [0.5, 0.6) is 0 Å². The highest BCUT2D eigenvalue weighted by Crippen LogP contribution is 2.37. The van der Waals surface area contributed by atoms with Gasteiger partial charge in [-0.25, -0.2) is 0 Å². The van der Waals surface area contributed by atoms with Crippen molar-refractivity contribution >= 4 is 11.1 Å². The molecule has 0 saturated carbocycles. The molecule has 0 aromatic heterocycles. The molecule has 0 fully saturated rings. The van der Waals surface area contributed by atoms with Gasteiger partial charge in [0.2, 0.25) is 0 Å². The van der Waals surface area contributed by atoms with Crippen LogP contribution >= 0.6 is 0 Å². The van der Waals surface area contributed by atoms with Crippen LogP contribution in [-0.4, -0.2) is 0 Å². The Morgan fingerprint density at radius 1 is 0.727 bits per heavy atom. The molecule has 0 aliphatic heterocycles. The summed E-state index contributed by atoms with van der Waals surface area (Å²) in [7, 11) is 0. The first-order valence-electron chi connectivity index (χ1n) is 8.62. The Labute approximate surface area is 184 Å². The molecule has 10 heteroatoms. The van der Waals surface area contributed by atoms with E-state index in [2.05, 4.69) is 0 Å². The van der Waals surface area contributed by atoms with E-state index in [-0.39, 0.29) is 10.4 Å². The van der Waals surface area contributed by atoms with Crippen LogP contribution in [0.1, 0.15) is 38.9 Å². The van der Waals surface area contributed by atoms with Crippen LogP contribution in [0.15, 0.2) is 18.2 Å². The van der Waals surface area contributed by atoms with E-state index in [4.69, 9.17) is 10.5 Å². The number of nitrogens with zero attached hydrogens (tertiary/aromatic N) is 7. The van der Waals surface area contributed by atoms with E-state index in [0.717, 1.165) is 19.1 Å². The summed E-state index contributed by atoms with van der Waals surface area (Å²) in [6, 6.07) is 14.0. The van der Waals surface area contributed by atoms with Gasteiger partial charge in [0.1, 0.15) is 48.1 Å². The number of benzene rings is 2. The molecule has 0 aliphatic carbocycles. The third-order valence-corrected chi connectivity index (χ3v) is 4.68. The molecule has 0 amide bonds. The largest absolute Gasteiger partial charge is 0.416 e. The predicted molar refractivity (Wildman–Crippen MR) is 103 cm³/mol. The summed E-state index contributed by atoms with van der Waals surface area (Å²) in [4.78, 5) is 0. The zero-order chi connectivity index (χ0) is 24.9. The van der Waals surface area contributed by atoms with E-state index in [0.29, 0.717) is 6.07 Å². The highest BCUT2D eigenvalue weighted by Gasteiger charge is 2.36. The average Bonchev–Trinajstić information content (AvgIpc) is 2.80. The number of rotatable bonds is 1. The Bertz CT molecular complexity index is 1610. The van der Waals surface area contributed by atoms with Crippen molar-refractivity contribution in [2.24, 2.45) is 0 Å². The molecule has 0 atom stereocenters. The summed E-state index contributed by atoms with van der Waals surface area (Å²) in [6.07, 6.45) is -4.91. The number of hydrogen-bond donors (Lipinski definition) is 0. The molecule has 7 nitrogen and oxygen atoms in total. The van der Waals surface area contributed by atoms with Crippen molar-refractivity contribution in [3.8, 4) is 42.5 Å². The summed E-state index contributed by atoms with van der Waals surface area (Å²) >= 11 is 0. The average molecular weight is 437 g/mol. The van der Waals surface area contributed by atoms with Crippen molar-refractivity contribution in [1.29, 1.82) is 36.8 Å². The van der Waals surface area contributed by atoms with Crippen molar-refractivity contribution in [3.05, 3.63) is 67.6 Å². The minimum absolute atomic E-state index is 0.195. The minimum Gasteiger partial charge on any atom is -0.192 e. The third kappa shape index (κ3) is 3.91. The molecule has 0 aliphatic rings. The molecule has 0 unspecified atom stereocenters. The first kappa shape index (κ1) is 23.7. The molecular weight excluding hydrogens is 431 g/mol. The highest BCUT2D eigenvalue weighted by atomic mass is 19.4. The van der Waals surface area contributed by atoms with Crippen LogP contribution in [0, 0.1) is 86.2 Å². The van der Waals surface area contributed by atoms with E-state index in [1.165, 1.54) is 6.07 Å². The molecule has 0 heterocycles. The molecule has 2 aromatic rings. The maximum atomic E-state index is 13.6. The van der Waals surface area contributed by atoms with Gasteiger partial charge in [-0.2, -0.15) is 50.0 Å². The molecule has 33 heavy (non-hydrogen) atoms. The van der Waals surface area contributed by atoms with Gasteiger partial charge in [-0.05, 0) is 18.6 Å². The van der Waals surface area contributed by atoms with E-state index in [1.54, 1.807) is 36.4 Å². The second kappa shape index (κ2) is 9.04. The molecular formula is C23H6F3N7. The first-order valence-corrected chi connectivity index (χ1v) is 8.62. The fourth-order valence-corrected chi connectivity index (χ4v) is 3.24. The lowest BCUT2D eigenvalue weighted by Crippen LogP contribution is -2.23. The van der Waals surface area contributed by atoms with E-state index in [9.17, 15) is 39.5 Å². The fraction of sp³-hybridized carbons (Fsp3) is 0.0870. The van der Waals surface area contributed by atoms with Crippen LogP contribution < -0.4 is 10.4 Å². The SMILES string of the molecule is Cc1c(C(F)(F)F)cc(C#N)c(C#N)c1/C(C#N)=c1/ccc(=C(C#N)C#N)c(C#N)c1C#N. The Morgan fingerprint density at radius 3 is 1.67 bits per heavy atom. The summed E-state index contributed by atoms with van der Waals surface area (Å²) in [6.45, 7) is 1.01. The summed E-state index contributed by atoms with van der Waals surface area (Å²) in [5, 5.41) is 65.6. The van der Waals surface area contributed by atoms with Crippen LogP contribution in [0.25, 0.3) is 11.1 Å². The third-order valence-electron chi connectivity index (χ3n) is 4.68. The topological polar surface area (TPSA) is 167 Å². The zero-order valence-corrected chi connectivity index (χ0v) is 16.5. The lowest BCUT2D eigenvalue weighted by Gasteiger charge is -2.16. The molecule has 0 saturated heterocycles. The Morgan fingerprint density at radius 2 is 1.24 bits per heavy atom. The van der Waals surface area contributed by atoms with Gasteiger partial charge in [0, 0.05) is 16.0 Å². The number of alkyl halides is 3. The monoisotopic (exact) mass is 437 g/mol. The van der Waals surface area contributed by atoms with Crippen molar-refractivity contribution in [2.45, 2.75) is 13.1 Å². The van der Waals surface area contributed by atoms with Crippen molar-refractivity contribution in [3.63, 3.8) is 0 Å². The smallest absolute Gasteiger partial charge is 0.192 e. The van der Waals surface area contributed by atoms with Gasteiger partial charge in [-0.1, -0.05) is 12.1 Å². The lowest BCUT2D eigenvalue weighted by atomic mass is 9.86. The number of hydrogen-bond acceptors (Lipinski definition) is 7. The first-order chi connectivity index (χ1) is 15.6. The molecule has 0 N–H and O–H groups in total. The van der Waals surface area contributed by atoms with Crippen molar-refractivity contribution in [1.82, 2.24) is 0 Å². The summed E-state index contributed by atoms with van der Waals surface area (Å²) in [5.41, 5.74) is -5.38. The Balaban J connectivity index is 3.36. The van der Waals surface area contributed by atoms with E-state index in [1.807, 2.05) is 0 Å². The van der Waals surface area contributed by atoms with Crippen LogP contribution in [0.2, 0.25) is 0 Å². The van der Waals surface area contributed by atoms with Gasteiger partial charge >= 0.3 is 6.18 Å². The minimum atomic E-state index is -4.91. The van der Waals surface area contributed by atoms with Crippen molar-refractivity contribution < 1.29 is 13.2 Å². The Kier molecular flexibility index (Phi) is 6.49. The normalized spacial score (nSPS) is 10.7. The van der Waals surface area contributed by atoms with Gasteiger partial charge in [0.25, 0.3) is 0 Å². The van der Waals surface area contributed by atoms with Crippen LogP contribution in [0.3, 0.4) is 0 Å². The van der Waals surface area contributed by atoms with Crippen LogP contribution in [-0.2, 0) is 6.18 Å². The van der Waals surface area contributed by atoms with E-state index < -0.39 is 56.3 Å². The van der Waals surface area contributed by atoms with Gasteiger partial charge in [-0.3, -0.25) is 0 Å². The molecule has 0 spiro atoms. The zero-order valence-electron chi connectivity index (χ0n) is 16.5. The highest BCUT2D eigenvalue weighted by molar-refractivity contribution is 5.85. The lowest BCUT2D eigenvalue weighted by molar-refractivity contribution is -0.138. The van der Waals surface area contributed by atoms with Gasteiger partial charge in [0.05, 0.1) is 33.4 Å². The second-order valence-electron chi connectivity index (χ2n) is 6.29. The van der Waals surface area contributed by atoms with Crippen LogP contribution in [0.4, 0.5) is 13.2 Å². The molecule has 0 radical (unpaired) electrons. The molecule has 0 bridgehead atoms. The molecule has 2 aromatic carbocycles. The van der Waals surface area contributed by atoms with Crippen molar-refractivity contribution in [2.75, 3.05) is 0 Å². The fourth-order valence-electron chi connectivity index (χ4n) is 3.24. The predicted octanol–water partition coefficient (Wildman–Crippen LogP) is 2.42. The number of nitriles is 7. The Hall–Kier alpha value is -5.60.